The summed E-state index contributed by atoms with van der Waals surface area (Å²) in [5.41, 5.74) is 2.05. The van der Waals surface area contributed by atoms with E-state index in [-0.39, 0.29) is 18.3 Å². The first-order valence-electron chi connectivity index (χ1n) is 7.44. The van der Waals surface area contributed by atoms with Crippen LogP contribution in [0, 0.1) is 12.8 Å². The van der Waals surface area contributed by atoms with Crippen molar-refractivity contribution in [2.24, 2.45) is 5.92 Å². The van der Waals surface area contributed by atoms with E-state index < -0.39 is 0 Å². The summed E-state index contributed by atoms with van der Waals surface area (Å²) in [6, 6.07) is 3.90. The van der Waals surface area contributed by atoms with Crippen LogP contribution in [0.25, 0.3) is 0 Å². The maximum Gasteiger partial charge on any atom is 0.173 e. The molecule has 110 valence electrons. The van der Waals surface area contributed by atoms with E-state index in [0.717, 1.165) is 34.7 Å². The van der Waals surface area contributed by atoms with E-state index in [1.165, 1.54) is 12.8 Å². The number of Topliss-reactive ketones (excluding diaryl/α,β-unsaturated/α-hetero) is 1. The standard InChI is InChI=1S/C17H23ClO2/c1-11(2)14-9-15(18)12(3)8-17(14)20-10-16(19)13-6-4-5-7-13/h8-9,11,13H,4-7,10H2,1-3H3. The molecule has 2 rings (SSSR count). The van der Waals surface area contributed by atoms with Gasteiger partial charge in [-0.15, -0.1) is 0 Å². The van der Waals surface area contributed by atoms with Crippen molar-refractivity contribution in [3.63, 3.8) is 0 Å². The van der Waals surface area contributed by atoms with Gasteiger partial charge >= 0.3 is 0 Å². The van der Waals surface area contributed by atoms with E-state index in [2.05, 4.69) is 13.8 Å². The Bertz CT molecular complexity index is 488. The van der Waals surface area contributed by atoms with Crippen LogP contribution in [0.5, 0.6) is 5.75 Å². The zero-order valence-electron chi connectivity index (χ0n) is 12.5. The molecule has 1 aromatic rings. The summed E-state index contributed by atoms with van der Waals surface area (Å²) in [5, 5.41) is 0.753. The van der Waals surface area contributed by atoms with Gasteiger partial charge in [0.1, 0.15) is 12.4 Å². The van der Waals surface area contributed by atoms with Crippen LogP contribution in [0.2, 0.25) is 5.02 Å². The smallest absolute Gasteiger partial charge is 0.173 e. The van der Waals surface area contributed by atoms with Gasteiger partial charge < -0.3 is 4.74 Å². The normalized spacial score (nSPS) is 15.8. The second-order valence-corrected chi connectivity index (χ2v) is 6.44. The molecule has 0 unspecified atom stereocenters. The molecule has 0 atom stereocenters. The average Bonchev–Trinajstić information content (AvgIpc) is 2.93. The van der Waals surface area contributed by atoms with Gasteiger partial charge in [-0.05, 0) is 48.9 Å². The Morgan fingerprint density at radius 2 is 2.00 bits per heavy atom. The number of halogens is 1. The lowest BCUT2D eigenvalue weighted by molar-refractivity contribution is -0.124. The fraction of sp³-hybridized carbons (Fsp3) is 0.588. The quantitative estimate of drug-likeness (QED) is 0.771. The minimum atomic E-state index is 0.186. The SMILES string of the molecule is Cc1cc(OCC(=O)C2CCCC2)c(C(C)C)cc1Cl. The third kappa shape index (κ3) is 3.54. The molecule has 1 fully saturated rings. The molecule has 0 amide bonds. The molecule has 0 aromatic heterocycles. The van der Waals surface area contributed by atoms with Gasteiger partial charge in [-0.25, -0.2) is 0 Å². The van der Waals surface area contributed by atoms with E-state index in [1.807, 2.05) is 19.1 Å². The largest absolute Gasteiger partial charge is 0.486 e. The van der Waals surface area contributed by atoms with E-state index in [0.29, 0.717) is 5.92 Å². The molecule has 3 heteroatoms. The first-order chi connectivity index (χ1) is 9.49. The first-order valence-corrected chi connectivity index (χ1v) is 7.82. The summed E-state index contributed by atoms with van der Waals surface area (Å²) in [6.45, 7) is 6.35. The molecular formula is C17H23ClO2. The molecule has 0 bridgehead atoms. The minimum absolute atomic E-state index is 0.186. The van der Waals surface area contributed by atoms with Gasteiger partial charge in [0.25, 0.3) is 0 Å². The Balaban J connectivity index is 2.08. The number of ketones is 1. The zero-order valence-corrected chi connectivity index (χ0v) is 13.3. The molecule has 2 nitrogen and oxygen atoms in total. The highest BCUT2D eigenvalue weighted by Crippen LogP contribution is 2.32. The van der Waals surface area contributed by atoms with Crippen molar-refractivity contribution < 1.29 is 9.53 Å². The molecule has 0 radical (unpaired) electrons. The minimum Gasteiger partial charge on any atom is -0.486 e. The van der Waals surface area contributed by atoms with E-state index in [1.54, 1.807) is 0 Å². The first kappa shape index (κ1) is 15.4. The zero-order chi connectivity index (χ0) is 14.7. The second kappa shape index (κ2) is 6.62. The van der Waals surface area contributed by atoms with Gasteiger partial charge in [0, 0.05) is 10.9 Å². The number of carbonyl (C=O) groups excluding carboxylic acids is 1. The molecule has 0 saturated heterocycles. The van der Waals surface area contributed by atoms with Crippen molar-refractivity contribution in [2.45, 2.75) is 52.4 Å². The predicted molar refractivity (Wildman–Crippen MR) is 82.7 cm³/mol. The summed E-state index contributed by atoms with van der Waals surface area (Å²) >= 11 is 6.17. The Labute approximate surface area is 126 Å². The topological polar surface area (TPSA) is 26.3 Å². The number of hydrogen-bond donors (Lipinski definition) is 0. The second-order valence-electron chi connectivity index (χ2n) is 6.03. The third-order valence-electron chi connectivity index (χ3n) is 4.09. The number of benzene rings is 1. The summed E-state index contributed by atoms with van der Waals surface area (Å²) < 4.78 is 5.80. The maximum absolute atomic E-state index is 12.1. The van der Waals surface area contributed by atoms with Gasteiger partial charge in [0.05, 0.1) is 0 Å². The summed E-state index contributed by atoms with van der Waals surface area (Å²) in [5.74, 6) is 1.58. The third-order valence-corrected chi connectivity index (χ3v) is 4.50. The molecule has 0 N–H and O–H groups in total. The highest BCUT2D eigenvalue weighted by molar-refractivity contribution is 6.31. The van der Waals surface area contributed by atoms with Crippen molar-refractivity contribution in [1.82, 2.24) is 0 Å². The van der Waals surface area contributed by atoms with Gasteiger partial charge in [0.2, 0.25) is 0 Å². The summed E-state index contributed by atoms with van der Waals surface area (Å²) in [4.78, 5) is 12.1. The van der Waals surface area contributed by atoms with Crippen molar-refractivity contribution in [1.29, 1.82) is 0 Å². The molecule has 20 heavy (non-hydrogen) atoms. The molecule has 1 aliphatic carbocycles. The number of aryl methyl sites for hydroxylation is 1. The van der Waals surface area contributed by atoms with Crippen molar-refractivity contribution in [3.8, 4) is 5.75 Å². The van der Waals surface area contributed by atoms with Crippen molar-refractivity contribution in [2.75, 3.05) is 6.61 Å². The fourth-order valence-electron chi connectivity index (χ4n) is 2.76. The van der Waals surface area contributed by atoms with Gasteiger partial charge in [-0.2, -0.15) is 0 Å². The molecular weight excluding hydrogens is 272 g/mol. The Kier molecular flexibility index (Phi) is 5.09. The lowest BCUT2D eigenvalue weighted by Gasteiger charge is -2.16. The van der Waals surface area contributed by atoms with Gasteiger partial charge in [-0.1, -0.05) is 38.3 Å². The van der Waals surface area contributed by atoms with Crippen LogP contribution in [0.4, 0.5) is 0 Å². The molecule has 0 aliphatic heterocycles. The van der Waals surface area contributed by atoms with E-state index >= 15 is 0 Å². The number of rotatable bonds is 5. The fourth-order valence-corrected chi connectivity index (χ4v) is 2.93. The lowest BCUT2D eigenvalue weighted by Crippen LogP contribution is -2.19. The van der Waals surface area contributed by atoms with Crippen LogP contribution in [-0.2, 0) is 4.79 Å². The molecule has 1 aliphatic rings. The van der Waals surface area contributed by atoms with Crippen LogP contribution in [-0.4, -0.2) is 12.4 Å². The van der Waals surface area contributed by atoms with Crippen LogP contribution >= 0.6 is 11.6 Å². The van der Waals surface area contributed by atoms with Crippen LogP contribution < -0.4 is 4.74 Å². The van der Waals surface area contributed by atoms with Crippen molar-refractivity contribution in [3.05, 3.63) is 28.3 Å². The number of carbonyl (C=O) groups is 1. The van der Waals surface area contributed by atoms with Crippen LogP contribution in [0.3, 0.4) is 0 Å². The van der Waals surface area contributed by atoms with Gasteiger partial charge in [0.15, 0.2) is 5.78 Å². The summed E-state index contributed by atoms with van der Waals surface area (Å²) in [6.07, 6.45) is 4.40. The lowest BCUT2D eigenvalue weighted by atomic mass is 10.00. The van der Waals surface area contributed by atoms with E-state index in [4.69, 9.17) is 16.3 Å². The Morgan fingerprint density at radius 1 is 1.35 bits per heavy atom. The van der Waals surface area contributed by atoms with Gasteiger partial charge in [-0.3, -0.25) is 4.79 Å². The molecule has 1 saturated carbocycles. The predicted octanol–water partition coefficient (Wildman–Crippen LogP) is 4.91. The summed E-state index contributed by atoms with van der Waals surface area (Å²) in [7, 11) is 0. The van der Waals surface area contributed by atoms with Crippen molar-refractivity contribution >= 4 is 17.4 Å². The average molecular weight is 295 g/mol. The maximum atomic E-state index is 12.1. The number of ether oxygens (including phenoxy) is 1. The molecule has 0 heterocycles. The highest BCUT2D eigenvalue weighted by Gasteiger charge is 2.23. The molecule has 0 spiro atoms. The molecule has 1 aromatic carbocycles. The monoisotopic (exact) mass is 294 g/mol. The Hall–Kier alpha value is -1.02. The van der Waals surface area contributed by atoms with Crippen LogP contribution in [0.15, 0.2) is 12.1 Å². The van der Waals surface area contributed by atoms with Crippen LogP contribution in [0.1, 0.15) is 56.6 Å². The Morgan fingerprint density at radius 3 is 2.60 bits per heavy atom. The highest BCUT2D eigenvalue weighted by atomic mass is 35.5. The van der Waals surface area contributed by atoms with E-state index in [9.17, 15) is 4.79 Å². The number of hydrogen-bond acceptors (Lipinski definition) is 2.